The third kappa shape index (κ3) is 4.90. The lowest BCUT2D eigenvalue weighted by Crippen LogP contribution is -2.16. The van der Waals surface area contributed by atoms with Gasteiger partial charge in [0.2, 0.25) is 5.82 Å². The number of hydrogen-bond donors (Lipinski definition) is 4. The highest BCUT2D eigenvalue weighted by atomic mass is 16.5. The van der Waals surface area contributed by atoms with Crippen molar-refractivity contribution in [3.63, 3.8) is 0 Å². The Hall–Kier alpha value is -5.16. The number of pyridine rings is 3. The minimum Gasteiger partial charge on any atom is -0.394 e. The van der Waals surface area contributed by atoms with Crippen molar-refractivity contribution in [2.24, 2.45) is 0 Å². The predicted molar refractivity (Wildman–Crippen MR) is 144 cm³/mol. The van der Waals surface area contributed by atoms with E-state index in [2.05, 4.69) is 41.0 Å². The summed E-state index contributed by atoms with van der Waals surface area (Å²) in [6.07, 6.45) is 4.95. The van der Waals surface area contributed by atoms with Gasteiger partial charge in [0.05, 0.1) is 41.2 Å². The summed E-state index contributed by atoms with van der Waals surface area (Å²) >= 11 is 0. The van der Waals surface area contributed by atoms with Crippen LogP contribution < -0.4 is 16.0 Å². The fourth-order valence-corrected chi connectivity index (χ4v) is 4.41. The number of benzene rings is 1. The van der Waals surface area contributed by atoms with Crippen LogP contribution in [0.25, 0.3) is 22.8 Å². The second-order valence-corrected chi connectivity index (χ2v) is 9.02. The highest BCUT2D eigenvalue weighted by Crippen LogP contribution is 2.33. The molecule has 1 aliphatic rings. The van der Waals surface area contributed by atoms with E-state index < -0.39 is 6.04 Å². The maximum Gasteiger partial charge on any atom is 0.261 e. The number of aromatic nitrogens is 5. The molecule has 1 unspecified atom stereocenters. The van der Waals surface area contributed by atoms with Crippen LogP contribution in [0.1, 0.15) is 40.6 Å². The normalized spacial score (nSPS) is 14.9. The summed E-state index contributed by atoms with van der Waals surface area (Å²) in [4.78, 5) is 29.9. The van der Waals surface area contributed by atoms with Crippen LogP contribution in [0.5, 0.6) is 0 Å². The van der Waals surface area contributed by atoms with Gasteiger partial charge in [0.1, 0.15) is 11.6 Å². The SMILES string of the molecule is CC1NC(=O)c2ccc(Nc3cc(N[C@H](CO)c4ccccc4)c(-c4nc(-c5cccnc5)no4)cn3)nc21. The van der Waals surface area contributed by atoms with Crippen molar-refractivity contribution in [2.45, 2.75) is 19.0 Å². The summed E-state index contributed by atoms with van der Waals surface area (Å²) < 4.78 is 5.59. The average molecular weight is 521 g/mol. The van der Waals surface area contributed by atoms with Crippen LogP contribution in [0, 0.1) is 0 Å². The van der Waals surface area contributed by atoms with Crippen LogP contribution in [-0.4, -0.2) is 42.7 Å². The van der Waals surface area contributed by atoms with Gasteiger partial charge in [-0.05, 0) is 36.8 Å². The van der Waals surface area contributed by atoms with E-state index in [0.29, 0.717) is 40.0 Å². The molecule has 4 aromatic heterocycles. The summed E-state index contributed by atoms with van der Waals surface area (Å²) in [5, 5.41) is 23.8. The molecule has 0 saturated heterocycles. The van der Waals surface area contributed by atoms with Crippen molar-refractivity contribution in [3.05, 3.63) is 96.1 Å². The van der Waals surface area contributed by atoms with Gasteiger partial charge >= 0.3 is 0 Å². The molecule has 5 aromatic rings. The van der Waals surface area contributed by atoms with E-state index in [0.717, 1.165) is 11.1 Å². The number of nitrogens with zero attached hydrogens (tertiary/aromatic N) is 5. The zero-order chi connectivity index (χ0) is 26.8. The minimum absolute atomic E-state index is 0.133. The molecular formula is C28H24N8O3. The first-order valence-electron chi connectivity index (χ1n) is 12.3. The maximum absolute atomic E-state index is 12.1. The molecule has 1 amide bonds. The van der Waals surface area contributed by atoms with E-state index in [1.807, 2.05) is 43.3 Å². The summed E-state index contributed by atoms with van der Waals surface area (Å²) in [7, 11) is 0. The van der Waals surface area contributed by atoms with Crippen LogP contribution in [-0.2, 0) is 0 Å². The van der Waals surface area contributed by atoms with E-state index in [1.165, 1.54) is 0 Å². The molecule has 2 atom stereocenters. The quantitative estimate of drug-likeness (QED) is 0.233. The zero-order valence-corrected chi connectivity index (χ0v) is 20.9. The van der Waals surface area contributed by atoms with Gasteiger partial charge in [0.15, 0.2) is 0 Å². The highest BCUT2D eigenvalue weighted by Gasteiger charge is 2.27. The van der Waals surface area contributed by atoms with Gasteiger partial charge in [-0.25, -0.2) is 9.97 Å². The number of nitrogens with one attached hydrogen (secondary N) is 3. The van der Waals surface area contributed by atoms with Crippen molar-refractivity contribution >= 4 is 23.2 Å². The number of carbonyl (C=O) groups excluding carboxylic acids is 1. The number of hydrogen-bond acceptors (Lipinski definition) is 10. The molecule has 39 heavy (non-hydrogen) atoms. The fraction of sp³-hybridized carbons (Fsp3) is 0.143. The highest BCUT2D eigenvalue weighted by molar-refractivity contribution is 5.98. The van der Waals surface area contributed by atoms with Crippen LogP contribution in [0.15, 0.2) is 83.8 Å². The minimum atomic E-state index is -0.406. The van der Waals surface area contributed by atoms with Crippen LogP contribution >= 0.6 is 0 Å². The molecule has 0 radical (unpaired) electrons. The van der Waals surface area contributed by atoms with Gasteiger partial charge < -0.3 is 25.6 Å². The molecule has 6 rings (SSSR count). The molecule has 0 aliphatic carbocycles. The summed E-state index contributed by atoms with van der Waals surface area (Å²) in [6, 6.07) is 17.9. The van der Waals surface area contributed by atoms with E-state index in [-0.39, 0.29) is 24.4 Å². The fourth-order valence-electron chi connectivity index (χ4n) is 4.41. The van der Waals surface area contributed by atoms with Gasteiger partial charge in [0, 0.05) is 30.2 Å². The first-order valence-corrected chi connectivity index (χ1v) is 12.3. The topological polar surface area (TPSA) is 151 Å². The third-order valence-electron chi connectivity index (χ3n) is 6.38. The van der Waals surface area contributed by atoms with Crippen molar-refractivity contribution in [2.75, 3.05) is 17.2 Å². The number of anilines is 3. The molecule has 5 heterocycles. The van der Waals surface area contributed by atoms with Crippen LogP contribution in [0.3, 0.4) is 0 Å². The predicted octanol–water partition coefficient (Wildman–Crippen LogP) is 4.28. The van der Waals surface area contributed by atoms with Gasteiger partial charge in [-0.2, -0.15) is 4.98 Å². The van der Waals surface area contributed by atoms with Crippen molar-refractivity contribution < 1.29 is 14.4 Å². The lowest BCUT2D eigenvalue weighted by molar-refractivity contribution is 0.0958. The standard InChI is InChI=1S/C28H24N8O3/c1-16-25-19(27(38)31-16)9-10-23(34-25)33-24-12-21(32-22(15-37)17-6-3-2-4-7-17)20(14-30-24)28-35-26(36-39-28)18-8-5-11-29-13-18/h2-14,16,22,37H,15H2,1H3,(H,31,38)(H2,30,32,33,34)/t16?,22-/m1/s1. The number of amides is 1. The number of carbonyl (C=O) groups is 1. The molecule has 0 fully saturated rings. The number of aliphatic hydroxyl groups is 1. The molecule has 1 aliphatic heterocycles. The number of rotatable bonds is 8. The lowest BCUT2D eigenvalue weighted by Gasteiger charge is -2.20. The molecule has 1 aromatic carbocycles. The second kappa shape index (κ2) is 10.3. The Morgan fingerprint density at radius 2 is 1.90 bits per heavy atom. The first kappa shape index (κ1) is 24.2. The van der Waals surface area contributed by atoms with E-state index >= 15 is 0 Å². The number of fused-ring (bicyclic) bond motifs is 1. The van der Waals surface area contributed by atoms with Crippen molar-refractivity contribution in [1.82, 2.24) is 30.4 Å². The molecule has 4 N–H and O–H groups in total. The first-order chi connectivity index (χ1) is 19.1. The zero-order valence-electron chi connectivity index (χ0n) is 20.9. The van der Waals surface area contributed by atoms with Crippen LogP contribution in [0.2, 0.25) is 0 Å². The molecule has 11 heteroatoms. The lowest BCUT2D eigenvalue weighted by atomic mass is 10.1. The van der Waals surface area contributed by atoms with Crippen LogP contribution in [0.4, 0.5) is 17.3 Å². The van der Waals surface area contributed by atoms with Gasteiger partial charge in [-0.15, -0.1) is 0 Å². The second-order valence-electron chi connectivity index (χ2n) is 9.02. The van der Waals surface area contributed by atoms with E-state index in [4.69, 9.17) is 4.52 Å². The summed E-state index contributed by atoms with van der Waals surface area (Å²) in [5.41, 5.74) is 4.04. The Morgan fingerprint density at radius 3 is 2.69 bits per heavy atom. The Kier molecular flexibility index (Phi) is 6.39. The van der Waals surface area contributed by atoms with E-state index in [9.17, 15) is 9.90 Å². The monoisotopic (exact) mass is 520 g/mol. The molecule has 0 spiro atoms. The summed E-state index contributed by atoms with van der Waals surface area (Å²) in [5.74, 6) is 1.56. The summed E-state index contributed by atoms with van der Waals surface area (Å²) in [6.45, 7) is 1.74. The van der Waals surface area contributed by atoms with Gasteiger partial charge in [0.25, 0.3) is 11.8 Å². The van der Waals surface area contributed by atoms with Gasteiger partial charge in [-0.3, -0.25) is 9.78 Å². The molecule has 0 saturated carbocycles. The molecule has 11 nitrogen and oxygen atoms in total. The molecule has 194 valence electrons. The Morgan fingerprint density at radius 1 is 1.03 bits per heavy atom. The smallest absolute Gasteiger partial charge is 0.261 e. The Balaban J connectivity index is 1.36. The molecule has 0 bridgehead atoms. The van der Waals surface area contributed by atoms with Crippen molar-refractivity contribution in [3.8, 4) is 22.8 Å². The van der Waals surface area contributed by atoms with Crippen molar-refractivity contribution in [1.29, 1.82) is 0 Å². The number of aliphatic hydroxyl groups excluding tert-OH is 1. The molecular weight excluding hydrogens is 496 g/mol. The Labute approximate surface area is 223 Å². The Bertz CT molecular complexity index is 1620. The largest absolute Gasteiger partial charge is 0.394 e. The maximum atomic E-state index is 12.1. The van der Waals surface area contributed by atoms with Gasteiger partial charge in [-0.1, -0.05) is 35.5 Å². The third-order valence-corrected chi connectivity index (χ3v) is 6.38. The average Bonchev–Trinajstić information content (AvgIpc) is 3.57. The van der Waals surface area contributed by atoms with E-state index in [1.54, 1.807) is 42.9 Å².